The van der Waals surface area contributed by atoms with Crippen LogP contribution in [0.5, 0.6) is 0 Å². The number of β-amino-alcohol motifs (C(OH)–C–C–N with tert-alkyl or cyclic N) is 1. The largest absolute Gasteiger partial charge is 0.460 e. The fraction of sp³-hybridized carbons (Fsp3) is 0.310. The summed E-state index contributed by atoms with van der Waals surface area (Å²) in [5, 5.41) is 11.5. The van der Waals surface area contributed by atoms with E-state index in [2.05, 4.69) is 31.9 Å². The summed E-state index contributed by atoms with van der Waals surface area (Å²) in [6.45, 7) is 3.75. The molecule has 0 radical (unpaired) electrons. The zero-order chi connectivity index (χ0) is 42.6. The summed E-state index contributed by atoms with van der Waals surface area (Å²) in [4.78, 5) is 71.1. The summed E-state index contributed by atoms with van der Waals surface area (Å²) in [6.07, 6.45) is -0.259. The van der Waals surface area contributed by atoms with Crippen LogP contribution in [-0.4, -0.2) is 81.1 Å². The van der Waals surface area contributed by atoms with Crippen molar-refractivity contribution in [3.05, 3.63) is 125 Å². The monoisotopic (exact) mass is 1010 g/mol. The highest BCUT2D eigenvalue weighted by molar-refractivity contribution is 9.10. The van der Waals surface area contributed by atoms with Gasteiger partial charge in [0.1, 0.15) is 17.2 Å². The van der Waals surface area contributed by atoms with Crippen LogP contribution in [0.2, 0.25) is 20.1 Å². The maximum absolute atomic E-state index is 13.8. The fourth-order valence-electron chi connectivity index (χ4n) is 8.18. The number of aliphatic hydroxyl groups is 1. The predicted octanol–water partition coefficient (Wildman–Crippen LogP) is 9.75. The van der Waals surface area contributed by atoms with Gasteiger partial charge in [0.25, 0.3) is 11.8 Å². The first-order valence-corrected chi connectivity index (χ1v) is 21.6. The highest BCUT2D eigenvalue weighted by Crippen LogP contribution is 2.45. The third kappa shape index (κ3) is 8.49. The Morgan fingerprint density at radius 3 is 1.47 bits per heavy atom. The summed E-state index contributed by atoms with van der Waals surface area (Å²) >= 11 is 31.2. The zero-order valence-corrected chi connectivity index (χ0v) is 37.7. The number of nitrogens with zero attached hydrogens (tertiary/aromatic N) is 4. The van der Waals surface area contributed by atoms with Gasteiger partial charge in [0, 0.05) is 61.3 Å². The molecule has 0 aliphatic carbocycles. The maximum atomic E-state index is 13.8. The maximum Gasteiger partial charge on any atom is 0.332 e. The van der Waals surface area contributed by atoms with Crippen LogP contribution in [0.15, 0.2) is 93.9 Å². The van der Waals surface area contributed by atoms with E-state index in [1.165, 1.54) is 40.1 Å². The second-order valence-electron chi connectivity index (χ2n) is 15.3. The normalized spacial score (nSPS) is 23.6. The minimum absolute atomic E-state index is 0.117. The summed E-state index contributed by atoms with van der Waals surface area (Å²) < 4.78 is 7.45. The summed E-state index contributed by atoms with van der Waals surface area (Å²) in [6, 6.07) is 23.4. The lowest BCUT2D eigenvalue weighted by molar-refractivity contribution is -0.152. The van der Waals surface area contributed by atoms with E-state index in [4.69, 9.17) is 51.1 Å². The molecule has 4 fully saturated rings. The number of benzene rings is 4. The number of rotatable bonds is 8. The Morgan fingerprint density at radius 1 is 0.678 bits per heavy atom. The lowest BCUT2D eigenvalue weighted by atomic mass is 9.87. The number of hydrogen-bond acceptors (Lipinski definition) is 7. The van der Waals surface area contributed by atoms with E-state index in [0.29, 0.717) is 44.3 Å². The molecule has 4 aliphatic heterocycles. The minimum atomic E-state index is -1.17. The molecule has 0 bridgehead atoms. The first-order valence-electron chi connectivity index (χ1n) is 18.5. The predicted molar refractivity (Wildman–Crippen MR) is 233 cm³/mol. The summed E-state index contributed by atoms with van der Waals surface area (Å²) in [5.74, 6) is -1.41. The number of imide groups is 2. The van der Waals surface area contributed by atoms with Crippen molar-refractivity contribution in [2.75, 3.05) is 22.9 Å². The molecular formula is C42H36Br2Cl4N4O7. The molecule has 4 heterocycles. The molecule has 59 heavy (non-hydrogen) atoms. The molecule has 4 aliphatic rings. The Labute approximate surface area is 377 Å². The summed E-state index contributed by atoms with van der Waals surface area (Å²) in [7, 11) is 0. The van der Waals surface area contributed by atoms with E-state index in [-0.39, 0.29) is 49.6 Å². The van der Waals surface area contributed by atoms with Crippen molar-refractivity contribution in [3.63, 3.8) is 0 Å². The molecule has 0 saturated carbocycles. The van der Waals surface area contributed by atoms with Crippen LogP contribution in [0.4, 0.5) is 21.0 Å². The number of urea groups is 2. The van der Waals surface area contributed by atoms with Gasteiger partial charge >= 0.3 is 18.0 Å². The smallest absolute Gasteiger partial charge is 0.332 e. The van der Waals surface area contributed by atoms with Gasteiger partial charge in [-0.3, -0.25) is 14.4 Å². The van der Waals surface area contributed by atoms with Gasteiger partial charge in [-0.2, -0.15) is 0 Å². The van der Waals surface area contributed by atoms with Crippen molar-refractivity contribution in [2.24, 2.45) is 5.92 Å². The first-order chi connectivity index (χ1) is 27.9. The molecule has 0 aromatic heterocycles. The Balaban J connectivity index is 0.000000181. The third-order valence-electron chi connectivity index (χ3n) is 10.8. The minimum Gasteiger partial charge on any atom is -0.460 e. The number of esters is 1. The number of fused-ring (bicyclic) bond motifs is 2. The molecule has 0 spiro atoms. The number of ether oxygens (including phenoxy) is 1. The van der Waals surface area contributed by atoms with E-state index in [9.17, 15) is 29.1 Å². The molecule has 0 unspecified atom stereocenters. The van der Waals surface area contributed by atoms with Gasteiger partial charge in [-0.25, -0.2) is 19.4 Å². The molecule has 4 atom stereocenters. The van der Waals surface area contributed by atoms with E-state index in [1.54, 1.807) is 19.9 Å². The van der Waals surface area contributed by atoms with Gasteiger partial charge in [-0.1, -0.05) is 116 Å². The molecule has 6 amide bonds. The van der Waals surface area contributed by atoms with Crippen molar-refractivity contribution in [3.8, 4) is 0 Å². The molecular weight excluding hydrogens is 974 g/mol. The number of hydrogen-bond donors (Lipinski definition) is 1. The molecule has 8 rings (SSSR count). The van der Waals surface area contributed by atoms with Gasteiger partial charge in [-0.05, 0) is 71.8 Å². The van der Waals surface area contributed by atoms with Crippen molar-refractivity contribution in [1.82, 2.24) is 9.80 Å². The van der Waals surface area contributed by atoms with Gasteiger partial charge in [0.15, 0.2) is 0 Å². The SMILES string of the molecule is CC(C)C(=O)O[C@@H]1CN2C(=O)N(c3cc(Cl)cc(Cl)c3)C(=O)[C@]2(Cc2ccc(Br)cc2)C1.O=C1N(c2cc(Cl)cc(Cl)c2)C(=O)[C@]2(Cc3ccc(Br)cc3)C[C@@H](O)CN12. The number of anilines is 2. The molecule has 4 saturated heterocycles. The second kappa shape index (κ2) is 17.0. The van der Waals surface area contributed by atoms with E-state index >= 15 is 0 Å². The average molecular weight is 1010 g/mol. The molecule has 1 N–H and O–H groups in total. The topological polar surface area (TPSA) is 128 Å². The Hall–Kier alpha value is -3.69. The first kappa shape index (κ1) is 43.4. The number of carbonyl (C=O) groups excluding carboxylic acids is 5. The lowest BCUT2D eigenvalue weighted by Crippen LogP contribution is -2.47. The van der Waals surface area contributed by atoms with E-state index < -0.39 is 35.3 Å². The zero-order valence-electron chi connectivity index (χ0n) is 31.5. The van der Waals surface area contributed by atoms with Crippen LogP contribution >= 0.6 is 78.3 Å². The molecule has 17 heteroatoms. The second-order valence-corrected chi connectivity index (χ2v) is 18.8. The highest BCUT2D eigenvalue weighted by Gasteiger charge is 2.64. The number of carbonyl (C=O) groups is 5. The van der Waals surface area contributed by atoms with Gasteiger partial charge in [-0.15, -0.1) is 0 Å². The van der Waals surface area contributed by atoms with Crippen LogP contribution in [0.25, 0.3) is 0 Å². The molecule has 308 valence electrons. The van der Waals surface area contributed by atoms with Crippen LogP contribution in [-0.2, 0) is 32.0 Å². The molecule has 4 aromatic carbocycles. The van der Waals surface area contributed by atoms with E-state index in [1.807, 2.05) is 48.5 Å². The molecule has 4 aromatic rings. The van der Waals surface area contributed by atoms with Crippen molar-refractivity contribution < 1.29 is 33.8 Å². The van der Waals surface area contributed by atoms with Crippen molar-refractivity contribution in [2.45, 2.75) is 62.8 Å². The van der Waals surface area contributed by atoms with E-state index in [0.717, 1.165) is 29.9 Å². The Kier molecular flexibility index (Phi) is 12.5. The Morgan fingerprint density at radius 2 is 1.07 bits per heavy atom. The lowest BCUT2D eigenvalue weighted by Gasteiger charge is -2.28. The van der Waals surface area contributed by atoms with Crippen LogP contribution in [0.1, 0.15) is 37.8 Å². The third-order valence-corrected chi connectivity index (χ3v) is 12.7. The summed E-state index contributed by atoms with van der Waals surface area (Å²) in [5.41, 5.74) is 0.172. The van der Waals surface area contributed by atoms with Gasteiger partial charge < -0.3 is 19.6 Å². The number of amides is 6. The highest BCUT2D eigenvalue weighted by atomic mass is 79.9. The van der Waals surface area contributed by atoms with Gasteiger partial charge in [0.05, 0.1) is 29.9 Å². The molecule has 11 nitrogen and oxygen atoms in total. The number of halogens is 6. The average Bonchev–Trinajstić information content (AvgIpc) is 3.81. The standard InChI is InChI=1S/C23H21BrCl2N2O4.C19H15BrCl2N2O3/c1-13(2)20(29)32-19-11-23(10-14-3-5-15(24)6-4-14)21(30)28(22(31)27(23)12-19)18-8-16(25)7-17(26)9-18;20-12-3-1-11(2-4-12)8-19-9-16(25)10-23(19)18(27)24(17(19)26)15-6-13(21)5-14(22)7-15/h3-9,13,19H,10-12H2,1-2H3;1-7,16,25H,8-10H2/t19-,23-;16-,19+/m01/s1. The van der Waals surface area contributed by atoms with Crippen molar-refractivity contribution >= 4 is 119 Å². The van der Waals surface area contributed by atoms with Crippen LogP contribution in [0, 0.1) is 5.92 Å². The fourth-order valence-corrected chi connectivity index (χ4v) is 9.73. The van der Waals surface area contributed by atoms with Crippen LogP contribution in [0.3, 0.4) is 0 Å². The van der Waals surface area contributed by atoms with Crippen LogP contribution < -0.4 is 9.80 Å². The Bertz CT molecular complexity index is 2310. The van der Waals surface area contributed by atoms with Gasteiger partial charge in [0.2, 0.25) is 0 Å². The van der Waals surface area contributed by atoms with Crippen molar-refractivity contribution in [1.29, 1.82) is 0 Å². The quantitative estimate of drug-likeness (QED) is 0.138. The number of aliphatic hydroxyl groups excluding tert-OH is 1.